The van der Waals surface area contributed by atoms with Crippen molar-refractivity contribution in [3.8, 4) is 0 Å². The Bertz CT molecular complexity index is 349. The van der Waals surface area contributed by atoms with Crippen LogP contribution in [0, 0.1) is 5.92 Å². The average molecular weight is 210 g/mol. The second-order valence-corrected chi connectivity index (χ2v) is 4.70. The van der Waals surface area contributed by atoms with Gasteiger partial charge in [-0.3, -0.25) is 4.57 Å². The molecule has 1 rings (SSSR count). The van der Waals surface area contributed by atoms with Gasteiger partial charge in [-0.25, -0.2) is 4.79 Å². The maximum absolute atomic E-state index is 11.6. The first-order valence-electron chi connectivity index (χ1n) is 5.84. The number of aromatic amines is 1. The molecular formula is C12H22N2O. The molecule has 0 fully saturated rings. The quantitative estimate of drug-likeness (QED) is 0.797. The summed E-state index contributed by atoms with van der Waals surface area (Å²) in [5.41, 5.74) is 1.09. The van der Waals surface area contributed by atoms with Crippen LogP contribution in [0.5, 0.6) is 0 Å². The average Bonchev–Trinajstić information content (AvgIpc) is 2.55. The number of nitrogens with one attached hydrogen (secondary N) is 1. The summed E-state index contributed by atoms with van der Waals surface area (Å²) in [4.78, 5) is 14.5. The maximum Gasteiger partial charge on any atom is 0.325 e. The van der Waals surface area contributed by atoms with Crippen LogP contribution in [0.4, 0.5) is 0 Å². The van der Waals surface area contributed by atoms with Gasteiger partial charge in [-0.15, -0.1) is 0 Å². The van der Waals surface area contributed by atoms with Gasteiger partial charge in [0, 0.05) is 18.4 Å². The number of imidazole rings is 1. The Balaban J connectivity index is 2.73. The summed E-state index contributed by atoms with van der Waals surface area (Å²) >= 11 is 0. The predicted molar refractivity (Wildman–Crippen MR) is 63.2 cm³/mol. The van der Waals surface area contributed by atoms with Crippen molar-refractivity contribution in [2.45, 2.75) is 53.0 Å². The number of aromatic nitrogens is 2. The Morgan fingerprint density at radius 2 is 2.07 bits per heavy atom. The predicted octanol–water partition coefficient (Wildman–Crippen LogP) is 2.74. The molecule has 0 bridgehead atoms. The van der Waals surface area contributed by atoms with Gasteiger partial charge in [0.25, 0.3) is 0 Å². The van der Waals surface area contributed by atoms with Gasteiger partial charge in [0.15, 0.2) is 0 Å². The number of aryl methyl sites for hydroxylation is 1. The molecule has 86 valence electrons. The molecular weight excluding hydrogens is 188 g/mol. The van der Waals surface area contributed by atoms with Gasteiger partial charge in [-0.1, -0.05) is 27.7 Å². The Morgan fingerprint density at radius 1 is 1.40 bits per heavy atom. The van der Waals surface area contributed by atoms with Crippen LogP contribution in [0.1, 0.15) is 52.1 Å². The highest BCUT2D eigenvalue weighted by Crippen LogP contribution is 2.14. The van der Waals surface area contributed by atoms with Gasteiger partial charge in [-0.2, -0.15) is 0 Å². The summed E-state index contributed by atoms with van der Waals surface area (Å²) in [6, 6.07) is 0. The summed E-state index contributed by atoms with van der Waals surface area (Å²) in [5, 5.41) is 0. The topological polar surface area (TPSA) is 37.8 Å². The lowest BCUT2D eigenvalue weighted by molar-refractivity contribution is 0.508. The number of hydrogen-bond acceptors (Lipinski definition) is 1. The molecule has 1 aromatic rings. The fourth-order valence-electron chi connectivity index (χ4n) is 1.49. The Morgan fingerprint density at radius 3 is 2.60 bits per heavy atom. The zero-order valence-corrected chi connectivity index (χ0v) is 10.2. The van der Waals surface area contributed by atoms with E-state index < -0.39 is 0 Å². The molecule has 0 radical (unpaired) electrons. The molecule has 3 nitrogen and oxygen atoms in total. The van der Waals surface area contributed by atoms with Crippen molar-refractivity contribution in [2.24, 2.45) is 5.92 Å². The molecule has 0 saturated heterocycles. The third kappa shape index (κ3) is 3.26. The SMILES string of the molecule is CCC(C)c1cn(CCC(C)C)c(=O)[nH]1. The minimum atomic E-state index is 0.0333. The van der Waals surface area contributed by atoms with Crippen LogP contribution in [0.25, 0.3) is 0 Å². The highest BCUT2D eigenvalue weighted by atomic mass is 16.1. The number of nitrogens with zero attached hydrogens (tertiary/aromatic N) is 1. The number of H-pyrrole nitrogens is 1. The minimum Gasteiger partial charge on any atom is -0.310 e. The minimum absolute atomic E-state index is 0.0333. The highest BCUT2D eigenvalue weighted by molar-refractivity contribution is 5.03. The van der Waals surface area contributed by atoms with E-state index in [1.54, 1.807) is 4.57 Å². The van der Waals surface area contributed by atoms with E-state index in [4.69, 9.17) is 0 Å². The van der Waals surface area contributed by atoms with E-state index >= 15 is 0 Å². The normalized spacial score (nSPS) is 13.4. The van der Waals surface area contributed by atoms with E-state index in [0.717, 1.165) is 25.1 Å². The molecule has 0 aromatic carbocycles. The lowest BCUT2D eigenvalue weighted by Crippen LogP contribution is -2.17. The molecule has 0 spiro atoms. The molecule has 0 amide bonds. The second kappa shape index (κ2) is 5.19. The fraction of sp³-hybridized carbons (Fsp3) is 0.750. The molecule has 0 aliphatic heterocycles. The van der Waals surface area contributed by atoms with Crippen LogP contribution in [-0.4, -0.2) is 9.55 Å². The first-order valence-corrected chi connectivity index (χ1v) is 5.84. The van der Waals surface area contributed by atoms with Crippen molar-refractivity contribution < 1.29 is 0 Å². The van der Waals surface area contributed by atoms with E-state index in [2.05, 4.69) is 32.7 Å². The third-order valence-corrected chi connectivity index (χ3v) is 2.90. The van der Waals surface area contributed by atoms with Crippen molar-refractivity contribution >= 4 is 0 Å². The fourth-order valence-corrected chi connectivity index (χ4v) is 1.49. The summed E-state index contributed by atoms with van der Waals surface area (Å²) < 4.78 is 1.79. The Labute approximate surface area is 91.5 Å². The van der Waals surface area contributed by atoms with E-state index in [1.165, 1.54) is 0 Å². The van der Waals surface area contributed by atoms with Crippen LogP contribution in [0.2, 0.25) is 0 Å². The number of rotatable bonds is 5. The zero-order chi connectivity index (χ0) is 11.4. The Kier molecular flexibility index (Phi) is 4.18. The molecule has 0 aliphatic rings. The van der Waals surface area contributed by atoms with Crippen molar-refractivity contribution in [3.05, 3.63) is 22.4 Å². The molecule has 1 aromatic heterocycles. The van der Waals surface area contributed by atoms with Gasteiger partial charge < -0.3 is 4.98 Å². The van der Waals surface area contributed by atoms with Crippen LogP contribution >= 0.6 is 0 Å². The van der Waals surface area contributed by atoms with Crippen LogP contribution < -0.4 is 5.69 Å². The first kappa shape index (κ1) is 12.1. The van der Waals surface area contributed by atoms with Crippen molar-refractivity contribution in [2.75, 3.05) is 0 Å². The lowest BCUT2D eigenvalue weighted by Gasteiger charge is -2.05. The maximum atomic E-state index is 11.6. The first-order chi connectivity index (χ1) is 7.04. The smallest absolute Gasteiger partial charge is 0.310 e. The molecule has 1 N–H and O–H groups in total. The van der Waals surface area contributed by atoms with Gasteiger partial charge in [0.1, 0.15) is 0 Å². The van der Waals surface area contributed by atoms with E-state index in [-0.39, 0.29) is 5.69 Å². The molecule has 3 heteroatoms. The standard InChI is InChI=1S/C12H22N2O/c1-5-10(4)11-8-14(12(15)13-11)7-6-9(2)3/h8-10H,5-7H2,1-4H3,(H,13,15). The van der Waals surface area contributed by atoms with E-state index in [0.29, 0.717) is 11.8 Å². The molecule has 0 aliphatic carbocycles. The molecule has 15 heavy (non-hydrogen) atoms. The molecule has 1 atom stereocenters. The third-order valence-electron chi connectivity index (χ3n) is 2.90. The molecule has 0 saturated carbocycles. The van der Waals surface area contributed by atoms with Crippen LogP contribution in [0.15, 0.2) is 11.0 Å². The van der Waals surface area contributed by atoms with Crippen molar-refractivity contribution in [1.82, 2.24) is 9.55 Å². The van der Waals surface area contributed by atoms with Gasteiger partial charge in [-0.05, 0) is 24.7 Å². The van der Waals surface area contributed by atoms with Crippen molar-refractivity contribution in [1.29, 1.82) is 0 Å². The summed E-state index contributed by atoms with van der Waals surface area (Å²) in [7, 11) is 0. The second-order valence-electron chi connectivity index (χ2n) is 4.70. The van der Waals surface area contributed by atoms with E-state index in [9.17, 15) is 4.79 Å². The van der Waals surface area contributed by atoms with Gasteiger partial charge >= 0.3 is 5.69 Å². The Hall–Kier alpha value is -0.990. The number of hydrogen-bond donors (Lipinski definition) is 1. The largest absolute Gasteiger partial charge is 0.325 e. The van der Waals surface area contributed by atoms with Crippen LogP contribution in [-0.2, 0) is 6.54 Å². The summed E-state index contributed by atoms with van der Waals surface area (Å²) in [6.45, 7) is 9.44. The van der Waals surface area contributed by atoms with Crippen molar-refractivity contribution in [3.63, 3.8) is 0 Å². The van der Waals surface area contributed by atoms with Gasteiger partial charge in [0.05, 0.1) is 0 Å². The highest BCUT2D eigenvalue weighted by Gasteiger charge is 2.08. The molecule has 1 unspecified atom stereocenters. The van der Waals surface area contributed by atoms with Gasteiger partial charge in [0.2, 0.25) is 0 Å². The molecule has 1 heterocycles. The monoisotopic (exact) mass is 210 g/mol. The summed E-state index contributed by atoms with van der Waals surface area (Å²) in [5.74, 6) is 1.08. The van der Waals surface area contributed by atoms with Crippen LogP contribution in [0.3, 0.4) is 0 Å². The lowest BCUT2D eigenvalue weighted by atomic mass is 10.1. The van der Waals surface area contributed by atoms with E-state index in [1.807, 2.05) is 6.20 Å². The zero-order valence-electron chi connectivity index (χ0n) is 10.2. The summed E-state index contributed by atoms with van der Waals surface area (Å²) in [6.07, 6.45) is 4.08.